The number of hydrogen-bond donors (Lipinski definition) is 1. The van der Waals surface area contributed by atoms with E-state index in [-0.39, 0.29) is 11.9 Å². The zero-order valence-corrected chi connectivity index (χ0v) is 13.6. The molecule has 2 aromatic carbocycles. The molecule has 0 radical (unpaired) electrons. The highest BCUT2D eigenvalue weighted by molar-refractivity contribution is 6.30. The number of hydrogen-bond acceptors (Lipinski definition) is 2. The highest BCUT2D eigenvalue weighted by Crippen LogP contribution is 2.24. The van der Waals surface area contributed by atoms with Crippen molar-refractivity contribution in [3.05, 3.63) is 64.7 Å². The van der Waals surface area contributed by atoms with Crippen LogP contribution in [0.4, 0.5) is 0 Å². The number of rotatable bonds is 6. The van der Waals surface area contributed by atoms with Gasteiger partial charge in [-0.1, -0.05) is 41.9 Å². The molecule has 22 heavy (non-hydrogen) atoms. The van der Waals surface area contributed by atoms with Crippen LogP contribution in [0.5, 0.6) is 5.75 Å². The minimum atomic E-state index is -0.0890. The predicted octanol–water partition coefficient (Wildman–Crippen LogP) is 4.16. The molecule has 3 nitrogen and oxygen atoms in total. The lowest BCUT2D eigenvalue weighted by atomic mass is 10.1. The lowest BCUT2D eigenvalue weighted by molar-refractivity contribution is -0.121. The van der Waals surface area contributed by atoms with Crippen LogP contribution in [0, 0.1) is 0 Å². The summed E-state index contributed by atoms with van der Waals surface area (Å²) in [7, 11) is 1.63. The number of ether oxygens (including phenoxy) is 1. The van der Waals surface area contributed by atoms with E-state index in [0.717, 1.165) is 16.9 Å². The van der Waals surface area contributed by atoms with E-state index in [9.17, 15) is 4.79 Å². The number of carbonyl (C=O) groups excluding carboxylic acids is 1. The summed E-state index contributed by atoms with van der Waals surface area (Å²) in [5.41, 5.74) is 2.08. The standard InChI is InChI=1S/C18H20ClNO2/c1-13(16-5-3-4-6-17(16)22-2)20-18(21)12-9-14-7-10-15(19)11-8-14/h3-8,10-11,13H,9,12H2,1-2H3,(H,20,21). The fourth-order valence-electron chi connectivity index (χ4n) is 2.32. The molecule has 4 heteroatoms. The zero-order chi connectivity index (χ0) is 15.9. The number of carbonyl (C=O) groups is 1. The first-order valence-electron chi connectivity index (χ1n) is 7.27. The number of nitrogens with one attached hydrogen (secondary N) is 1. The molecule has 2 aromatic rings. The normalized spacial score (nSPS) is 11.8. The quantitative estimate of drug-likeness (QED) is 0.868. The third-order valence-corrected chi connectivity index (χ3v) is 3.79. The van der Waals surface area contributed by atoms with Crippen LogP contribution in [0.2, 0.25) is 5.02 Å². The fraction of sp³-hybridized carbons (Fsp3) is 0.278. The summed E-state index contributed by atoms with van der Waals surface area (Å²) in [4.78, 5) is 12.1. The number of aryl methyl sites for hydroxylation is 1. The number of methoxy groups -OCH3 is 1. The van der Waals surface area contributed by atoms with Gasteiger partial charge in [-0.3, -0.25) is 4.79 Å². The van der Waals surface area contributed by atoms with Crippen molar-refractivity contribution in [1.29, 1.82) is 0 Å². The Morgan fingerprint density at radius 1 is 1.18 bits per heavy atom. The molecule has 0 bridgehead atoms. The molecule has 1 atom stereocenters. The summed E-state index contributed by atoms with van der Waals surface area (Å²) in [5, 5.41) is 3.71. The second-order valence-corrected chi connectivity index (χ2v) is 5.59. The smallest absolute Gasteiger partial charge is 0.220 e. The van der Waals surface area contributed by atoms with Gasteiger partial charge in [0.25, 0.3) is 0 Å². The van der Waals surface area contributed by atoms with Gasteiger partial charge in [0.1, 0.15) is 5.75 Å². The molecule has 0 saturated heterocycles. The van der Waals surface area contributed by atoms with Crippen molar-refractivity contribution in [3.8, 4) is 5.75 Å². The van der Waals surface area contributed by atoms with Crippen molar-refractivity contribution in [1.82, 2.24) is 5.32 Å². The Balaban J connectivity index is 1.90. The summed E-state index contributed by atoms with van der Waals surface area (Å²) >= 11 is 5.85. The topological polar surface area (TPSA) is 38.3 Å². The average Bonchev–Trinajstić information content (AvgIpc) is 2.54. The second kappa shape index (κ2) is 7.85. The van der Waals surface area contributed by atoms with Gasteiger partial charge in [-0.15, -0.1) is 0 Å². The molecule has 0 aliphatic carbocycles. The first-order valence-corrected chi connectivity index (χ1v) is 7.64. The van der Waals surface area contributed by atoms with E-state index >= 15 is 0 Å². The van der Waals surface area contributed by atoms with Gasteiger partial charge in [-0.05, 0) is 37.1 Å². The van der Waals surface area contributed by atoms with Gasteiger partial charge >= 0.3 is 0 Å². The maximum Gasteiger partial charge on any atom is 0.220 e. The van der Waals surface area contributed by atoms with Gasteiger partial charge in [0.15, 0.2) is 0 Å². The maximum atomic E-state index is 12.1. The SMILES string of the molecule is COc1ccccc1C(C)NC(=O)CCc1ccc(Cl)cc1. The van der Waals surface area contributed by atoms with Crippen LogP contribution in [-0.2, 0) is 11.2 Å². The van der Waals surface area contributed by atoms with Gasteiger partial charge in [0.2, 0.25) is 5.91 Å². The molecular formula is C18H20ClNO2. The third-order valence-electron chi connectivity index (χ3n) is 3.54. The van der Waals surface area contributed by atoms with Crippen molar-refractivity contribution < 1.29 is 9.53 Å². The maximum absolute atomic E-state index is 12.1. The first-order chi connectivity index (χ1) is 10.6. The summed E-state index contributed by atoms with van der Waals surface area (Å²) in [6.07, 6.45) is 1.14. The Morgan fingerprint density at radius 3 is 2.55 bits per heavy atom. The van der Waals surface area contributed by atoms with Crippen LogP contribution in [0.3, 0.4) is 0 Å². The Morgan fingerprint density at radius 2 is 1.86 bits per heavy atom. The van der Waals surface area contributed by atoms with Crippen LogP contribution in [0.1, 0.15) is 30.5 Å². The average molecular weight is 318 g/mol. The molecule has 2 rings (SSSR count). The van der Waals surface area contributed by atoms with E-state index in [1.807, 2.05) is 55.5 Å². The Labute approximate surface area is 136 Å². The minimum Gasteiger partial charge on any atom is -0.496 e. The molecule has 0 heterocycles. The number of para-hydroxylation sites is 1. The van der Waals surface area contributed by atoms with Crippen molar-refractivity contribution in [3.63, 3.8) is 0 Å². The van der Waals surface area contributed by atoms with Crippen molar-refractivity contribution in [2.45, 2.75) is 25.8 Å². The van der Waals surface area contributed by atoms with E-state index in [2.05, 4.69) is 5.32 Å². The summed E-state index contributed by atoms with van der Waals surface area (Å²) in [5.74, 6) is 0.807. The van der Waals surface area contributed by atoms with E-state index < -0.39 is 0 Å². The molecular weight excluding hydrogens is 298 g/mol. The summed E-state index contributed by atoms with van der Waals surface area (Å²) in [6.45, 7) is 1.96. The Kier molecular flexibility index (Phi) is 5.84. The van der Waals surface area contributed by atoms with E-state index in [1.54, 1.807) is 7.11 Å². The van der Waals surface area contributed by atoms with Crippen LogP contribution in [0.15, 0.2) is 48.5 Å². The summed E-state index contributed by atoms with van der Waals surface area (Å²) < 4.78 is 5.32. The number of benzene rings is 2. The summed E-state index contributed by atoms with van der Waals surface area (Å²) in [6, 6.07) is 15.2. The van der Waals surface area contributed by atoms with Crippen LogP contribution >= 0.6 is 11.6 Å². The van der Waals surface area contributed by atoms with Gasteiger partial charge < -0.3 is 10.1 Å². The second-order valence-electron chi connectivity index (χ2n) is 5.16. The first kappa shape index (κ1) is 16.4. The predicted molar refractivity (Wildman–Crippen MR) is 89.3 cm³/mol. The third kappa shape index (κ3) is 4.50. The lowest BCUT2D eigenvalue weighted by Gasteiger charge is -2.17. The Hall–Kier alpha value is -2.00. The fourth-order valence-corrected chi connectivity index (χ4v) is 2.45. The molecule has 1 N–H and O–H groups in total. The van der Waals surface area contributed by atoms with E-state index in [1.165, 1.54) is 0 Å². The lowest BCUT2D eigenvalue weighted by Crippen LogP contribution is -2.27. The van der Waals surface area contributed by atoms with Crippen LogP contribution in [0.25, 0.3) is 0 Å². The number of amides is 1. The molecule has 0 fully saturated rings. The molecule has 0 spiro atoms. The van der Waals surface area contributed by atoms with Gasteiger partial charge in [-0.2, -0.15) is 0 Å². The highest BCUT2D eigenvalue weighted by Gasteiger charge is 2.13. The largest absolute Gasteiger partial charge is 0.496 e. The Bertz CT molecular complexity index is 625. The van der Waals surface area contributed by atoms with E-state index in [0.29, 0.717) is 17.9 Å². The van der Waals surface area contributed by atoms with Gasteiger partial charge in [0, 0.05) is 17.0 Å². The molecule has 116 valence electrons. The van der Waals surface area contributed by atoms with Crippen LogP contribution in [-0.4, -0.2) is 13.0 Å². The molecule has 1 amide bonds. The molecule has 0 aromatic heterocycles. The molecule has 0 saturated carbocycles. The highest BCUT2D eigenvalue weighted by atomic mass is 35.5. The van der Waals surface area contributed by atoms with Gasteiger partial charge in [0.05, 0.1) is 13.2 Å². The van der Waals surface area contributed by atoms with Crippen molar-refractivity contribution >= 4 is 17.5 Å². The molecule has 1 unspecified atom stereocenters. The molecule has 0 aliphatic rings. The van der Waals surface area contributed by atoms with Crippen molar-refractivity contribution in [2.75, 3.05) is 7.11 Å². The van der Waals surface area contributed by atoms with E-state index in [4.69, 9.17) is 16.3 Å². The zero-order valence-electron chi connectivity index (χ0n) is 12.8. The minimum absolute atomic E-state index is 0.0216. The number of halogens is 1. The monoisotopic (exact) mass is 317 g/mol. The van der Waals surface area contributed by atoms with Gasteiger partial charge in [-0.25, -0.2) is 0 Å². The van der Waals surface area contributed by atoms with Crippen LogP contribution < -0.4 is 10.1 Å². The van der Waals surface area contributed by atoms with Crippen molar-refractivity contribution in [2.24, 2.45) is 0 Å². The molecule has 0 aliphatic heterocycles.